The fourth-order valence-corrected chi connectivity index (χ4v) is 3.69. The zero-order valence-corrected chi connectivity index (χ0v) is 15.8. The Labute approximate surface area is 161 Å². The highest BCUT2D eigenvalue weighted by atomic mass is 16.2. The average molecular weight is 379 g/mol. The van der Waals surface area contributed by atoms with Crippen molar-refractivity contribution in [3.8, 4) is 0 Å². The van der Waals surface area contributed by atoms with Gasteiger partial charge in [0.05, 0.1) is 11.8 Å². The minimum Gasteiger partial charge on any atom is -0.329 e. The lowest BCUT2D eigenvalue weighted by Gasteiger charge is -2.22. The maximum absolute atomic E-state index is 12.9. The second kappa shape index (κ2) is 7.05. The van der Waals surface area contributed by atoms with Crippen molar-refractivity contribution in [2.24, 2.45) is 0 Å². The summed E-state index contributed by atoms with van der Waals surface area (Å²) in [6.45, 7) is 5.37. The van der Waals surface area contributed by atoms with Crippen molar-refractivity contribution in [2.75, 3.05) is 11.9 Å². The Hall–Kier alpha value is -3.26. The Kier molecular flexibility index (Phi) is 4.56. The molecule has 28 heavy (non-hydrogen) atoms. The van der Waals surface area contributed by atoms with Crippen LogP contribution < -0.4 is 16.2 Å². The van der Waals surface area contributed by atoms with Crippen LogP contribution in [0.3, 0.4) is 0 Å². The third kappa shape index (κ3) is 2.91. The number of nitrogens with one attached hydrogen (secondary N) is 2. The third-order valence-corrected chi connectivity index (χ3v) is 5.05. The number of rotatable bonds is 4. The van der Waals surface area contributed by atoms with E-state index < -0.39 is 0 Å². The summed E-state index contributed by atoms with van der Waals surface area (Å²) < 4.78 is 3.29. The van der Waals surface area contributed by atoms with Crippen LogP contribution in [-0.2, 0) is 19.5 Å². The molecule has 3 heterocycles. The lowest BCUT2D eigenvalue weighted by molar-refractivity contribution is 0.101. The molecule has 8 nitrogen and oxygen atoms in total. The van der Waals surface area contributed by atoms with Gasteiger partial charge in [0, 0.05) is 43.0 Å². The smallest absolute Gasteiger partial charge is 0.279 e. The topological polar surface area (TPSA) is 97.5 Å². The highest BCUT2D eigenvalue weighted by molar-refractivity contribution is 6.08. The van der Waals surface area contributed by atoms with E-state index in [4.69, 9.17) is 0 Å². The minimum atomic E-state index is -0.369. The molecule has 0 spiro atoms. The zero-order valence-electron chi connectivity index (χ0n) is 15.8. The zero-order chi connectivity index (χ0) is 19.8. The van der Waals surface area contributed by atoms with Gasteiger partial charge >= 0.3 is 0 Å². The van der Waals surface area contributed by atoms with Crippen LogP contribution in [-0.4, -0.2) is 32.4 Å². The van der Waals surface area contributed by atoms with Crippen molar-refractivity contribution in [3.05, 3.63) is 63.2 Å². The van der Waals surface area contributed by atoms with Crippen molar-refractivity contribution in [1.82, 2.24) is 19.5 Å². The van der Waals surface area contributed by atoms with E-state index in [0.717, 1.165) is 18.7 Å². The molecule has 1 amide bonds. The molecule has 0 atom stereocenters. The second-order valence-corrected chi connectivity index (χ2v) is 6.79. The molecule has 1 aliphatic rings. The molecule has 144 valence electrons. The predicted octanol–water partition coefficient (Wildman–Crippen LogP) is 1.62. The maximum Gasteiger partial charge on any atom is 0.279 e. The van der Waals surface area contributed by atoms with Crippen molar-refractivity contribution in [1.29, 1.82) is 0 Å². The quantitative estimate of drug-likeness (QED) is 0.672. The number of aromatic nitrogens is 3. The molecule has 0 bridgehead atoms. The van der Waals surface area contributed by atoms with E-state index >= 15 is 0 Å². The van der Waals surface area contributed by atoms with Gasteiger partial charge in [-0.2, -0.15) is 9.61 Å². The van der Waals surface area contributed by atoms with E-state index in [1.165, 1.54) is 17.6 Å². The molecular weight excluding hydrogens is 358 g/mol. The number of amides is 1. The monoisotopic (exact) mass is 379 g/mol. The summed E-state index contributed by atoms with van der Waals surface area (Å²) in [6.07, 6.45) is 2.15. The Balaban J connectivity index is 1.80. The summed E-state index contributed by atoms with van der Waals surface area (Å²) in [4.78, 5) is 37.3. The molecule has 0 saturated carbocycles. The number of carbonyl (C=O) groups excluding carboxylic acids is 2. The Morgan fingerprint density at radius 3 is 2.89 bits per heavy atom. The molecule has 0 saturated heterocycles. The van der Waals surface area contributed by atoms with Gasteiger partial charge in [0.2, 0.25) is 0 Å². The van der Waals surface area contributed by atoms with Gasteiger partial charge in [-0.05, 0) is 26.0 Å². The summed E-state index contributed by atoms with van der Waals surface area (Å²) in [5.74, 6) is -0.446. The molecule has 1 aliphatic heterocycles. The number of anilines is 1. The highest BCUT2D eigenvalue weighted by Gasteiger charge is 2.24. The van der Waals surface area contributed by atoms with Crippen LogP contribution in [0, 0.1) is 0 Å². The van der Waals surface area contributed by atoms with Gasteiger partial charge in [-0.15, -0.1) is 0 Å². The Morgan fingerprint density at radius 2 is 2.14 bits per heavy atom. The molecule has 2 N–H and O–H groups in total. The molecule has 0 unspecified atom stereocenters. The molecule has 4 rings (SSSR count). The molecular formula is C20H21N5O3. The van der Waals surface area contributed by atoms with E-state index in [-0.39, 0.29) is 17.2 Å². The number of hydrogen-bond acceptors (Lipinski definition) is 5. The summed E-state index contributed by atoms with van der Waals surface area (Å²) in [6, 6.07) is 6.76. The van der Waals surface area contributed by atoms with Gasteiger partial charge in [0.15, 0.2) is 11.4 Å². The molecule has 0 aliphatic carbocycles. The lowest BCUT2D eigenvalue weighted by atomic mass is 10.1. The first kappa shape index (κ1) is 18.1. The minimum absolute atomic E-state index is 0.0767. The van der Waals surface area contributed by atoms with Crippen LogP contribution in [0.2, 0.25) is 0 Å². The van der Waals surface area contributed by atoms with E-state index in [1.807, 2.05) is 11.5 Å². The number of benzene rings is 1. The first-order valence-corrected chi connectivity index (χ1v) is 9.26. The van der Waals surface area contributed by atoms with Crippen LogP contribution in [0.15, 0.2) is 35.3 Å². The van der Waals surface area contributed by atoms with E-state index in [0.29, 0.717) is 41.1 Å². The lowest BCUT2D eigenvalue weighted by Crippen LogP contribution is -2.36. The number of aryl methyl sites for hydroxylation is 1. The summed E-state index contributed by atoms with van der Waals surface area (Å²) in [7, 11) is 0. The van der Waals surface area contributed by atoms with E-state index in [1.54, 1.807) is 24.3 Å². The fourth-order valence-electron chi connectivity index (χ4n) is 3.69. The van der Waals surface area contributed by atoms with Crippen molar-refractivity contribution >= 4 is 23.0 Å². The third-order valence-electron chi connectivity index (χ3n) is 5.05. The molecule has 0 radical (unpaired) electrons. The van der Waals surface area contributed by atoms with Gasteiger partial charge in [0.25, 0.3) is 11.5 Å². The predicted molar refractivity (Wildman–Crippen MR) is 105 cm³/mol. The van der Waals surface area contributed by atoms with Crippen molar-refractivity contribution < 1.29 is 9.59 Å². The number of Topliss-reactive ketones (excluding diaryl/α,β-unsaturated/α-hetero) is 1. The first-order valence-electron chi connectivity index (χ1n) is 9.26. The number of nitrogens with zero attached hydrogens (tertiary/aromatic N) is 3. The number of hydrogen-bond donors (Lipinski definition) is 2. The average Bonchev–Trinajstić information content (AvgIpc) is 3.14. The van der Waals surface area contributed by atoms with Gasteiger partial charge in [0.1, 0.15) is 5.56 Å². The van der Waals surface area contributed by atoms with Gasteiger partial charge in [-0.1, -0.05) is 12.1 Å². The standard InChI is InChI=1S/C20H21N5O3/c1-3-24-17-7-8-21-10-15(17)20(28)25-19(24)16(11-22-25)18(27)23-14-6-4-5-13(9-14)12(2)26/h4-6,9,11,21H,3,7-8,10H2,1-2H3,(H,23,27). The Bertz CT molecular complexity index is 1160. The Morgan fingerprint density at radius 1 is 1.32 bits per heavy atom. The maximum atomic E-state index is 12.9. The fraction of sp³-hybridized carbons (Fsp3) is 0.300. The van der Waals surface area contributed by atoms with Gasteiger partial charge < -0.3 is 15.2 Å². The molecule has 3 aromatic rings. The second-order valence-electron chi connectivity index (χ2n) is 6.79. The highest BCUT2D eigenvalue weighted by Crippen LogP contribution is 2.19. The molecule has 1 aromatic carbocycles. The number of ketones is 1. The molecule has 0 fully saturated rings. The largest absolute Gasteiger partial charge is 0.329 e. The summed E-state index contributed by atoms with van der Waals surface area (Å²) in [5.41, 5.74) is 3.31. The van der Waals surface area contributed by atoms with Gasteiger partial charge in [-0.25, -0.2) is 0 Å². The summed E-state index contributed by atoms with van der Waals surface area (Å²) in [5, 5.41) is 10.2. The van der Waals surface area contributed by atoms with Crippen LogP contribution >= 0.6 is 0 Å². The molecule has 2 aromatic heterocycles. The van der Waals surface area contributed by atoms with E-state index in [9.17, 15) is 14.4 Å². The normalized spacial score (nSPS) is 13.4. The van der Waals surface area contributed by atoms with Crippen molar-refractivity contribution in [3.63, 3.8) is 0 Å². The first-order chi connectivity index (χ1) is 13.5. The van der Waals surface area contributed by atoms with Crippen LogP contribution in [0.25, 0.3) is 5.65 Å². The SMILES string of the molecule is CCn1c2c(c(=O)n3ncc(C(=O)Nc4cccc(C(C)=O)c4)c13)CNCC2. The number of fused-ring (bicyclic) bond motifs is 2. The van der Waals surface area contributed by atoms with E-state index in [2.05, 4.69) is 15.7 Å². The van der Waals surface area contributed by atoms with Crippen LogP contribution in [0.1, 0.15) is 45.8 Å². The molecule has 8 heteroatoms. The van der Waals surface area contributed by atoms with Crippen LogP contribution in [0.4, 0.5) is 5.69 Å². The van der Waals surface area contributed by atoms with Crippen LogP contribution in [0.5, 0.6) is 0 Å². The van der Waals surface area contributed by atoms with Gasteiger partial charge in [-0.3, -0.25) is 14.4 Å². The summed E-state index contributed by atoms with van der Waals surface area (Å²) >= 11 is 0. The number of carbonyl (C=O) groups is 2. The van der Waals surface area contributed by atoms with Crippen molar-refractivity contribution in [2.45, 2.75) is 33.4 Å².